The maximum absolute atomic E-state index is 11.9. The number of aliphatic carboxylic acids is 2. The molecule has 1 aliphatic carbocycles. The van der Waals surface area contributed by atoms with Crippen molar-refractivity contribution in [1.29, 1.82) is 0 Å². The van der Waals surface area contributed by atoms with Crippen molar-refractivity contribution in [2.45, 2.75) is 43.7 Å². The van der Waals surface area contributed by atoms with Crippen molar-refractivity contribution in [3.63, 3.8) is 0 Å². The molecule has 0 spiro atoms. The minimum Gasteiger partial charge on any atom is -0.481 e. The second-order valence-corrected chi connectivity index (χ2v) is 6.50. The maximum Gasteiger partial charge on any atom is 0.321 e. The zero-order valence-corrected chi connectivity index (χ0v) is 17.5. The predicted octanol–water partition coefficient (Wildman–Crippen LogP) is 2.68. The van der Waals surface area contributed by atoms with Crippen LogP contribution < -0.4 is 11.5 Å². The Morgan fingerprint density at radius 1 is 1.17 bits per heavy atom. The summed E-state index contributed by atoms with van der Waals surface area (Å²) in [6.45, 7) is 8.72. The van der Waals surface area contributed by atoms with Crippen LogP contribution in [0.2, 0.25) is 5.02 Å². The van der Waals surface area contributed by atoms with Crippen molar-refractivity contribution in [3.05, 3.63) is 60.2 Å². The third-order valence-corrected chi connectivity index (χ3v) is 4.28. The van der Waals surface area contributed by atoms with Crippen LogP contribution in [-0.2, 0) is 24.7 Å². The lowest BCUT2D eigenvalue weighted by molar-refractivity contribution is -0.144. The lowest BCUT2D eigenvalue weighted by Crippen LogP contribution is -2.47. The number of carbonyl (C=O) groups excluding carboxylic acids is 2. The second kappa shape index (κ2) is 16.0. The largest absolute Gasteiger partial charge is 0.481 e. The van der Waals surface area contributed by atoms with E-state index < -0.39 is 29.9 Å². The molecule has 2 atom stereocenters. The summed E-state index contributed by atoms with van der Waals surface area (Å²) < 4.78 is 0. The number of benzene rings is 1. The number of ketones is 1. The number of Topliss-reactive ketones (excluding diaryl/α,β-unsaturated/α-hetero) is 1. The van der Waals surface area contributed by atoms with E-state index in [2.05, 4.69) is 13.2 Å². The summed E-state index contributed by atoms with van der Waals surface area (Å²) in [6.07, 6.45) is 5.96. The Kier molecular flexibility index (Phi) is 15.7. The normalized spacial score (nSPS) is 17.9. The molecule has 1 aromatic rings. The zero-order valence-electron chi connectivity index (χ0n) is 16.8. The number of rotatable bonds is 5. The highest BCUT2D eigenvalue weighted by molar-refractivity contribution is 6.31. The molecule has 0 aromatic heterocycles. The van der Waals surface area contributed by atoms with Crippen molar-refractivity contribution in [2.75, 3.05) is 0 Å². The second-order valence-electron chi connectivity index (χ2n) is 6.10. The SMILES string of the molecule is C=CC=C.C=O.N[C@@H](CC(=O)O)C(=O)O.N[C@@]1(c2ccccc2Cl)CCCCC1=O. The standard InChI is InChI=1S/C12H14ClNO.C4H7NO4.C4H6.CH2O/c13-10-6-2-1-5-9(10)12(14)8-4-3-7-11(12)15;5-2(4(8)9)1-3(6)7;1-3-4-2;1-2/h1-2,5-6H,3-4,7-8,14H2;2H,1,5H2,(H,6,7)(H,8,9);3-4H,1-2H2;1H2/t12-;2-;;/m10../s1. The molecule has 1 saturated carbocycles. The van der Waals surface area contributed by atoms with E-state index >= 15 is 0 Å². The van der Waals surface area contributed by atoms with Gasteiger partial charge in [0.25, 0.3) is 0 Å². The summed E-state index contributed by atoms with van der Waals surface area (Å²) in [7, 11) is 0. The maximum atomic E-state index is 11.9. The fourth-order valence-corrected chi connectivity index (χ4v) is 2.74. The monoisotopic (exact) mass is 440 g/mol. The van der Waals surface area contributed by atoms with Crippen LogP contribution in [0.1, 0.15) is 37.7 Å². The van der Waals surface area contributed by atoms with Gasteiger partial charge in [-0.15, -0.1) is 0 Å². The highest BCUT2D eigenvalue weighted by Crippen LogP contribution is 2.35. The number of hydrogen-bond donors (Lipinski definition) is 4. The fourth-order valence-electron chi connectivity index (χ4n) is 2.44. The minimum atomic E-state index is -1.29. The molecule has 0 aliphatic heterocycles. The number of carboxylic acids is 2. The Balaban J connectivity index is 0. The summed E-state index contributed by atoms with van der Waals surface area (Å²) in [4.78, 5) is 39.5. The van der Waals surface area contributed by atoms with Gasteiger partial charge < -0.3 is 26.5 Å². The van der Waals surface area contributed by atoms with Crippen molar-refractivity contribution in [2.24, 2.45) is 11.5 Å². The highest BCUT2D eigenvalue weighted by atomic mass is 35.5. The van der Waals surface area contributed by atoms with Crippen LogP contribution in [0.3, 0.4) is 0 Å². The molecule has 0 saturated heterocycles. The number of halogens is 1. The quantitative estimate of drug-likeness (QED) is 0.508. The zero-order chi connectivity index (χ0) is 23.7. The van der Waals surface area contributed by atoms with E-state index in [0.29, 0.717) is 17.9 Å². The summed E-state index contributed by atoms with van der Waals surface area (Å²) >= 11 is 6.08. The molecular formula is C21H29ClN2O6. The molecule has 1 aromatic carbocycles. The van der Waals surface area contributed by atoms with E-state index in [-0.39, 0.29) is 5.78 Å². The molecule has 1 fully saturated rings. The molecule has 1 aliphatic rings. The molecule has 30 heavy (non-hydrogen) atoms. The van der Waals surface area contributed by atoms with Crippen LogP contribution in [0.25, 0.3) is 0 Å². The first-order valence-electron chi connectivity index (χ1n) is 8.89. The number of nitrogens with two attached hydrogens (primary N) is 2. The van der Waals surface area contributed by atoms with Crippen LogP contribution in [-0.4, -0.2) is 40.8 Å². The summed E-state index contributed by atoms with van der Waals surface area (Å²) in [5.74, 6) is -2.39. The van der Waals surface area contributed by atoms with Gasteiger partial charge in [0.1, 0.15) is 18.4 Å². The van der Waals surface area contributed by atoms with Crippen molar-refractivity contribution in [3.8, 4) is 0 Å². The Morgan fingerprint density at radius 2 is 1.70 bits per heavy atom. The van der Waals surface area contributed by atoms with Gasteiger partial charge in [-0.3, -0.25) is 14.4 Å². The average Bonchev–Trinajstić information content (AvgIpc) is 2.72. The Hall–Kier alpha value is -2.81. The van der Waals surface area contributed by atoms with Gasteiger partial charge in [0.2, 0.25) is 0 Å². The molecule has 0 radical (unpaired) electrons. The molecular weight excluding hydrogens is 412 g/mol. The molecule has 0 bridgehead atoms. The number of carboxylic acid groups (broad SMARTS) is 2. The van der Waals surface area contributed by atoms with E-state index in [9.17, 15) is 14.4 Å². The third kappa shape index (κ3) is 10.7. The van der Waals surface area contributed by atoms with Crippen molar-refractivity contribution < 1.29 is 29.4 Å². The fraction of sp³-hybridized carbons (Fsp3) is 0.333. The van der Waals surface area contributed by atoms with Gasteiger partial charge in [0.15, 0.2) is 5.78 Å². The minimum absolute atomic E-state index is 0.113. The first-order valence-corrected chi connectivity index (χ1v) is 9.27. The lowest BCUT2D eigenvalue weighted by Gasteiger charge is -2.32. The van der Waals surface area contributed by atoms with Gasteiger partial charge in [-0.2, -0.15) is 0 Å². The number of carbonyl (C=O) groups is 4. The van der Waals surface area contributed by atoms with Crippen molar-refractivity contribution >= 4 is 36.1 Å². The predicted molar refractivity (Wildman–Crippen MR) is 116 cm³/mol. The molecule has 0 amide bonds. The Morgan fingerprint density at radius 3 is 2.07 bits per heavy atom. The molecule has 0 heterocycles. The molecule has 8 nitrogen and oxygen atoms in total. The van der Waals surface area contributed by atoms with E-state index in [1.807, 2.05) is 25.0 Å². The van der Waals surface area contributed by atoms with E-state index in [1.54, 1.807) is 18.2 Å². The van der Waals surface area contributed by atoms with E-state index in [4.69, 9.17) is 38.1 Å². The van der Waals surface area contributed by atoms with E-state index in [1.165, 1.54) is 0 Å². The first-order chi connectivity index (χ1) is 14.1. The topological polar surface area (TPSA) is 161 Å². The lowest BCUT2D eigenvalue weighted by atomic mass is 9.76. The first kappa shape index (κ1) is 29.4. The van der Waals surface area contributed by atoms with Gasteiger partial charge in [0, 0.05) is 11.4 Å². The molecule has 9 heteroatoms. The molecule has 0 unspecified atom stereocenters. The van der Waals surface area contributed by atoms with Crippen LogP contribution in [0, 0.1) is 0 Å². The van der Waals surface area contributed by atoms with Gasteiger partial charge in [-0.1, -0.05) is 61.5 Å². The van der Waals surface area contributed by atoms with Crippen LogP contribution in [0.4, 0.5) is 0 Å². The molecule has 6 N–H and O–H groups in total. The molecule has 166 valence electrons. The van der Waals surface area contributed by atoms with E-state index in [0.717, 1.165) is 18.4 Å². The number of hydrogen-bond acceptors (Lipinski definition) is 6. The highest BCUT2D eigenvalue weighted by Gasteiger charge is 2.38. The van der Waals surface area contributed by atoms with Crippen molar-refractivity contribution in [1.82, 2.24) is 0 Å². The van der Waals surface area contributed by atoms with Gasteiger partial charge in [0.05, 0.1) is 6.42 Å². The average molecular weight is 441 g/mol. The smallest absolute Gasteiger partial charge is 0.321 e. The van der Waals surface area contributed by atoms with Crippen LogP contribution in [0.15, 0.2) is 49.6 Å². The summed E-state index contributed by atoms with van der Waals surface area (Å²) in [6, 6.07) is 6.07. The summed E-state index contributed by atoms with van der Waals surface area (Å²) in [5, 5.41) is 16.6. The summed E-state index contributed by atoms with van der Waals surface area (Å²) in [5.41, 5.74) is 11.0. The Bertz CT molecular complexity index is 719. The van der Waals surface area contributed by atoms with Crippen LogP contribution in [0.5, 0.6) is 0 Å². The van der Waals surface area contributed by atoms with Gasteiger partial charge >= 0.3 is 11.9 Å². The Labute approximate surface area is 181 Å². The number of allylic oxidation sites excluding steroid dienone is 2. The van der Waals surface area contributed by atoms with Gasteiger partial charge in [-0.25, -0.2) is 0 Å². The van der Waals surface area contributed by atoms with Crippen LogP contribution >= 0.6 is 11.6 Å². The molecule has 2 rings (SSSR count). The van der Waals surface area contributed by atoms with Gasteiger partial charge in [-0.05, 0) is 24.5 Å². The third-order valence-electron chi connectivity index (χ3n) is 3.96.